The van der Waals surface area contributed by atoms with E-state index in [1.807, 2.05) is 12.1 Å². The van der Waals surface area contributed by atoms with E-state index in [1.54, 1.807) is 0 Å². The molecule has 0 unspecified atom stereocenters. The van der Waals surface area contributed by atoms with Gasteiger partial charge in [-0.05, 0) is 55.9 Å². The first-order chi connectivity index (χ1) is 11.2. The lowest BCUT2D eigenvalue weighted by Gasteiger charge is -2.19. The van der Waals surface area contributed by atoms with Gasteiger partial charge in [0.25, 0.3) is 5.91 Å². The summed E-state index contributed by atoms with van der Waals surface area (Å²) >= 11 is 0. The van der Waals surface area contributed by atoms with Gasteiger partial charge < -0.3 is 10.2 Å². The summed E-state index contributed by atoms with van der Waals surface area (Å²) < 4.78 is 0. The molecular weight excluding hydrogens is 286 g/mol. The first-order valence-corrected chi connectivity index (χ1v) is 9.10. The Morgan fingerprint density at radius 1 is 1.09 bits per heavy atom. The van der Waals surface area contributed by atoms with Gasteiger partial charge in [-0.2, -0.15) is 0 Å². The Hall–Kier alpha value is -1.55. The van der Waals surface area contributed by atoms with Crippen molar-refractivity contribution in [3.05, 3.63) is 29.8 Å². The molecule has 1 saturated carbocycles. The Labute approximate surface area is 138 Å². The quantitative estimate of drug-likeness (QED) is 0.928. The van der Waals surface area contributed by atoms with Crippen LogP contribution >= 0.6 is 0 Å². The van der Waals surface area contributed by atoms with Crippen molar-refractivity contribution in [3.8, 4) is 0 Å². The monoisotopic (exact) mass is 313 g/mol. The van der Waals surface area contributed by atoms with Gasteiger partial charge in [0.05, 0.1) is 0 Å². The molecule has 0 aromatic heterocycles. The standard InChI is InChI=1S/C19H27N3O/c1-14-12-22(17-8-9-17)13-18(14)20-19(23)15-4-6-16(7-5-15)21-10-2-3-11-21/h4-7,14,17-18H,2-3,8-13H2,1H3,(H,20,23)/t14-,18-/m0/s1. The third-order valence-corrected chi connectivity index (χ3v) is 5.62. The van der Waals surface area contributed by atoms with Gasteiger partial charge in [0.2, 0.25) is 0 Å². The number of benzene rings is 1. The summed E-state index contributed by atoms with van der Waals surface area (Å²) in [5.74, 6) is 0.621. The van der Waals surface area contributed by atoms with Crippen LogP contribution in [0.5, 0.6) is 0 Å². The first kappa shape index (κ1) is 15.0. The summed E-state index contributed by atoms with van der Waals surface area (Å²) in [6.45, 7) is 6.68. The van der Waals surface area contributed by atoms with Gasteiger partial charge in [-0.3, -0.25) is 9.69 Å². The van der Waals surface area contributed by atoms with Crippen molar-refractivity contribution in [2.45, 2.75) is 44.7 Å². The number of rotatable bonds is 4. The van der Waals surface area contributed by atoms with Crippen LogP contribution in [0.25, 0.3) is 0 Å². The second-order valence-corrected chi connectivity index (χ2v) is 7.48. The van der Waals surface area contributed by atoms with Crippen molar-refractivity contribution in [2.75, 3.05) is 31.1 Å². The predicted octanol–water partition coefficient (Wildman–Crippen LogP) is 2.50. The fraction of sp³-hybridized carbons (Fsp3) is 0.632. The highest BCUT2D eigenvalue weighted by atomic mass is 16.1. The summed E-state index contributed by atoms with van der Waals surface area (Å²) in [5.41, 5.74) is 2.03. The van der Waals surface area contributed by atoms with E-state index in [0.717, 1.165) is 37.8 Å². The van der Waals surface area contributed by atoms with Crippen LogP contribution in [-0.2, 0) is 0 Å². The van der Waals surface area contributed by atoms with E-state index < -0.39 is 0 Å². The molecule has 1 aromatic rings. The van der Waals surface area contributed by atoms with E-state index in [9.17, 15) is 4.79 Å². The number of hydrogen-bond donors (Lipinski definition) is 1. The minimum atomic E-state index is 0.0764. The molecule has 3 aliphatic rings. The minimum absolute atomic E-state index is 0.0764. The molecule has 0 spiro atoms. The molecule has 124 valence electrons. The number of carbonyl (C=O) groups is 1. The molecule has 2 aliphatic heterocycles. The zero-order chi connectivity index (χ0) is 15.8. The molecule has 3 fully saturated rings. The van der Waals surface area contributed by atoms with Crippen LogP contribution in [-0.4, -0.2) is 49.1 Å². The Kier molecular flexibility index (Phi) is 4.02. The van der Waals surface area contributed by atoms with Crippen molar-refractivity contribution < 1.29 is 4.79 Å². The average molecular weight is 313 g/mol. The molecule has 1 N–H and O–H groups in total. The third kappa shape index (κ3) is 3.23. The Morgan fingerprint density at radius 2 is 1.78 bits per heavy atom. The Balaban J connectivity index is 1.36. The van der Waals surface area contributed by atoms with Crippen molar-refractivity contribution in [2.24, 2.45) is 5.92 Å². The average Bonchev–Trinajstić information content (AvgIpc) is 3.14. The zero-order valence-corrected chi connectivity index (χ0v) is 14.0. The highest BCUT2D eigenvalue weighted by Crippen LogP contribution is 2.31. The van der Waals surface area contributed by atoms with Crippen LogP contribution in [0.3, 0.4) is 0 Å². The van der Waals surface area contributed by atoms with E-state index in [4.69, 9.17) is 0 Å². The molecule has 1 amide bonds. The SMILES string of the molecule is C[C@H]1CN(C2CC2)C[C@@H]1NC(=O)c1ccc(N2CCCC2)cc1. The molecule has 4 heteroatoms. The number of nitrogens with zero attached hydrogens (tertiary/aromatic N) is 2. The minimum Gasteiger partial charge on any atom is -0.372 e. The second kappa shape index (κ2) is 6.16. The molecule has 2 saturated heterocycles. The predicted molar refractivity (Wildman–Crippen MR) is 92.9 cm³/mol. The van der Waals surface area contributed by atoms with E-state index in [0.29, 0.717) is 12.0 Å². The molecule has 2 atom stereocenters. The van der Waals surface area contributed by atoms with Crippen LogP contribution in [0.1, 0.15) is 43.0 Å². The fourth-order valence-corrected chi connectivity index (χ4v) is 3.98. The van der Waals surface area contributed by atoms with Gasteiger partial charge >= 0.3 is 0 Å². The number of likely N-dealkylation sites (tertiary alicyclic amines) is 1. The van der Waals surface area contributed by atoms with Crippen LogP contribution in [0.4, 0.5) is 5.69 Å². The van der Waals surface area contributed by atoms with E-state index >= 15 is 0 Å². The van der Waals surface area contributed by atoms with Crippen LogP contribution in [0, 0.1) is 5.92 Å². The summed E-state index contributed by atoms with van der Waals surface area (Å²) in [6, 6.07) is 9.21. The van der Waals surface area contributed by atoms with Crippen molar-refractivity contribution in [1.29, 1.82) is 0 Å². The second-order valence-electron chi connectivity index (χ2n) is 7.48. The fourth-order valence-electron chi connectivity index (χ4n) is 3.98. The molecule has 0 bridgehead atoms. The molecular formula is C19H27N3O. The van der Waals surface area contributed by atoms with Crippen LogP contribution in [0.2, 0.25) is 0 Å². The molecule has 2 heterocycles. The first-order valence-electron chi connectivity index (χ1n) is 9.10. The van der Waals surface area contributed by atoms with Crippen molar-refractivity contribution in [3.63, 3.8) is 0 Å². The van der Waals surface area contributed by atoms with E-state index in [1.165, 1.54) is 31.4 Å². The number of amides is 1. The molecule has 4 rings (SSSR count). The number of carbonyl (C=O) groups excluding carboxylic acids is 1. The molecule has 0 radical (unpaired) electrons. The van der Waals surface area contributed by atoms with E-state index in [-0.39, 0.29) is 5.91 Å². The largest absolute Gasteiger partial charge is 0.372 e. The lowest BCUT2D eigenvalue weighted by Crippen LogP contribution is -2.40. The summed E-state index contributed by atoms with van der Waals surface area (Å²) in [6.07, 6.45) is 5.23. The highest BCUT2D eigenvalue weighted by Gasteiger charge is 2.38. The maximum absolute atomic E-state index is 12.5. The maximum Gasteiger partial charge on any atom is 0.251 e. The van der Waals surface area contributed by atoms with Gasteiger partial charge in [0.1, 0.15) is 0 Å². The summed E-state index contributed by atoms with van der Waals surface area (Å²) in [7, 11) is 0. The van der Waals surface area contributed by atoms with Gasteiger partial charge in [0.15, 0.2) is 0 Å². The normalized spacial score (nSPS) is 28.3. The maximum atomic E-state index is 12.5. The van der Waals surface area contributed by atoms with Gasteiger partial charge in [0, 0.05) is 49.5 Å². The third-order valence-electron chi connectivity index (χ3n) is 5.62. The number of anilines is 1. The Bertz CT molecular complexity index is 560. The molecule has 1 aromatic carbocycles. The van der Waals surface area contributed by atoms with Gasteiger partial charge in [-0.25, -0.2) is 0 Å². The highest BCUT2D eigenvalue weighted by molar-refractivity contribution is 5.94. The summed E-state index contributed by atoms with van der Waals surface area (Å²) in [5, 5.41) is 3.25. The molecule has 4 nitrogen and oxygen atoms in total. The van der Waals surface area contributed by atoms with Crippen molar-refractivity contribution in [1.82, 2.24) is 10.2 Å². The Morgan fingerprint density at radius 3 is 2.43 bits per heavy atom. The molecule has 23 heavy (non-hydrogen) atoms. The number of hydrogen-bond acceptors (Lipinski definition) is 3. The lowest BCUT2D eigenvalue weighted by atomic mass is 10.1. The van der Waals surface area contributed by atoms with Crippen LogP contribution in [0.15, 0.2) is 24.3 Å². The zero-order valence-electron chi connectivity index (χ0n) is 14.0. The van der Waals surface area contributed by atoms with Gasteiger partial charge in [-0.15, -0.1) is 0 Å². The molecule has 1 aliphatic carbocycles. The van der Waals surface area contributed by atoms with Gasteiger partial charge in [-0.1, -0.05) is 6.92 Å². The lowest BCUT2D eigenvalue weighted by molar-refractivity contribution is 0.0931. The topological polar surface area (TPSA) is 35.6 Å². The van der Waals surface area contributed by atoms with E-state index in [2.05, 4.69) is 34.2 Å². The smallest absolute Gasteiger partial charge is 0.251 e. The van der Waals surface area contributed by atoms with Crippen molar-refractivity contribution >= 4 is 11.6 Å². The number of nitrogens with one attached hydrogen (secondary N) is 1. The summed E-state index contributed by atoms with van der Waals surface area (Å²) in [4.78, 5) is 17.5. The van der Waals surface area contributed by atoms with Crippen LogP contribution < -0.4 is 10.2 Å².